The summed E-state index contributed by atoms with van der Waals surface area (Å²) in [4.78, 5) is 3.81. The van der Waals surface area contributed by atoms with Crippen LogP contribution in [-0.4, -0.2) is 31.2 Å². The van der Waals surface area contributed by atoms with Crippen LogP contribution in [0, 0.1) is 0 Å². The number of sulfonamides is 1. The van der Waals surface area contributed by atoms with E-state index < -0.39 is 16.1 Å². The summed E-state index contributed by atoms with van der Waals surface area (Å²) < 4.78 is 25.6. The third kappa shape index (κ3) is 5.97. The summed E-state index contributed by atoms with van der Waals surface area (Å²) in [7, 11) is -3.39. The molecule has 0 bridgehead atoms. The molecule has 0 fully saturated rings. The fourth-order valence-electron chi connectivity index (χ4n) is 1.19. The second-order valence-corrected chi connectivity index (χ2v) is 5.97. The van der Waals surface area contributed by atoms with Gasteiger partial charge in [0.05, 0.1) is 11.9 Å². The molecule has 0 spiro atoms. The molecule has 1 atom stereocenters. The Morgan fingerprint density at radius 2 is 2.24 bits per heavy atom. The molecule has 0 saturated heterocycles. The van der Waals surface area contributed by atoms with Gasteiger partial charge in [-0.3, -0.25) is 0 Å². The molecule has 0 aliphatic rings. The van der Waals surface area contributed by atoms with Gasteiger partial charge in [0.25, 0.3) is 0 Å². The van der Waals surface area contributed by atoms with Crippen molar-refractivity contribution in [2.24, 2.45) is 0 Å². The minimum atomic E-state index is -3.39. The first-order valence-electron chi connectivity index (χ1n) is 5.15. The van der Waals surface area contributed by atoms with Crippen LogP contribution in [0.2, 0.25) is 5.15 Å². The zero-order chi connectivity index (χ0) is 12.9. The Hall–Kier alpha value is -0.690. The summed E-state index contributed by atoms with van der Waals surface area (Å²) in [5.41, 5.74) is 0.568. The van der Waals surface area contributed by atoms with Gasteiger partial charge in [0.15, 0.2) is 0 Å². The fourth-order valence-corrected chi connectivity index (χ4v) is 2.44. The van der Waals surface area contributed by atoms with Gasteiger partial charge in [0.1, 0.15) is 5.15 Å². The van der Waals surface area contributed by atoms with E-state index >= 15 is 0 Å². The van der Waals surface area contributed by atoms with Crippen molar-refractivity contribution < 1.29 is 13.5 Å². The van der Waals surface area contributed by atoms with Gasteiger partial charge in [-0.2, -0.15) is 0 Å². The number of rotatable bonds is 6. The largest absolute Gasteiger partial charge is 0.393 e. The van der Waals surface area contributed by atoms with Crippen LogP contribution in [0.4, 0.5) is 0 Å². The highest BCUT2D eigenvalue weighted by Crippen LogP contribution is 2.08. The van der Waals surface area contributed by atoms with Crippen molar-refractivity contribution in [2.75, 3.05) is 6.54 Å². The van der Waals surface area contributed by atoms with Gasteiger partial charge in [0, 0.05) is 12.7 Å². The highest BCUT2D eigenvalue weighted by atomic mass is 35.5. The number of aliphatic hydroxyl groups is 1. The molecule has 2 N–H and O–H groups in total. The normalized spacial score (nSPS) is 13.6. The van der Waals surface area contributed by atoms with E-state index in [4.69, 9.17) is 16.7 Å². The second-order valence-electron chi connectivity index (χ2n) is 3.78. The Bertz CT molecular complexity index is 445. The number of pyridine rings is 1. The van der Waals surface area contributed by atoms with Crippen molar-refractivity contribution in [3.63, 3.8) is 0 Å². The van der Waals surface area contributed by atoms with Crippen molar-refractivity contribution in [3.8, 4) is 0 Å². The van der Waals surface area contributed by atoms with Gasteiger partial charge in [0.2, 0.25) is 10.0 Å². The predicted molar refractivity (Wildman–Crippen MR) is 66.2 cm³/mol. The van der Waals surface area contributed by atoms with Crippen LogP contribution >= 0.6 is 11.6 Å². The van der Waals surface area contributed by atoms with Crippen molar-refractivity contribution in [1.29, 1.82) is 0 Å². The molecule has 17 heavy (non-hydrogen) atoms. The fraction of sp³-hybridized carbons (Fsp3) is 0.500. The number of aliphatic hydroxyl groups excluding tert-OH is 1. The van der Waals surface area contributed by atoms with Crippen LogP contribution in [0.25, 0.3) is 0 Å². The molecule has 0 aliphatic carbocycles. The first-order valence-corrected chi connectivity index (χ1v) is 7.18. The standard InChI is InChI=1S/C10H15ClN2O3S/c1-8(14)4-5-13-17(15,16)7-9-2-3-10(11)12-6-9/h2-3,6,8,13-14H,4-5,7H2,1H3. The molecular formula is C10H15ClN2O3S. The van der Waals surface area contributed by atoms with Crippen molar-refractivity contribution in [3.05, 3.63) is 29.0 Å². The second kappa shape index (κ2) is 6.30. The molecule has 0 radical (unpaired) electrons. The van der Waals surface area contributed by atoms with E-state index in [1.165, 1.54) is 6.20 Å². The number of halogens is 1. The topological polar surface area (TPSA) is 79.3 Å². The van der Waals surface area contributed by atoms with Gasteiger partial charge in [-0.15, -0.1) is 0 Å². The molecule has 0 amide bonds. The lowest BCUT2D eigenvalue weighted by Crippen LogP contribution is -2.27. The highest BCUT2D eigenvalue weighted by Gasteiger charge is 2.11. The van der Waals surface area contributed by atoms with E-state index in [-0.39, 0.29) is 12.3 Å². The summed E-state index contributed by atoms with van der Waals surface area (Å²) >= 11 is 5.60. The molecule has 1 aromatic heterocycles. The van der Waals surface area contributed by atoms with Crippen LogP contribution in [0.1, 0.15) is 18.9 Å². The van der Waals surface area contributed by atoms with Crippen LogP contribution in [0.3, 0.4) is 0 Å². The zero-order valence-electron chi connectivity index (χ0n) is 9.43. The summed E-state index contributed by atoms with van der Waals surface area (Å²) in [5, 5.41) is 9.34. The number of nitrogens with zero attached hydrogens (tertiary/aromatic N) is 1. The summed E-state index contributed by atoms with van der Waals surface area (Å²) in [5.74, 6) is -0.142. The Labute approximate surface area is 106 Å². The minimum Gasteiger partial charge on any atom is -0.393 e. The Kier molecular flexibility index (Phi) is 5.32. The minimum absolute atomic E-state index is 0.142. The van der Waals surface area contributed by atoms with E-state index in [0.29, 0.717) is 17.1 Å². The van der Waals surface area contributed by atoms with Crippen LogP contribution in [0.15, 0.2) is 18.3 Å². The number of aromatic nitrogens is 1. The Balaban J connectivity index is 2.52. The lowest BCUT2D eigenvalue weighted by molar-refractivity contribution is 0.186. The molecule has 7 heteroatoms. The van der Waals surface area contributed by atoms with E-state index in [9.17, 15) is 8.42 Å². The average molecular weight is 279 g/mol. The first-order chi connectivity index (χ1) is 7.89. The van der Waals surface area contributed by atoms with Crippen LogP contribution in [-0.2, 0) is 15.8 Å². The molecule has 96 valence electrons. The molecule has 0 saturated carbocycles. The van der Waals surface area contributed by atoms with Crippen molar-refractivity contribution in [2.45, 2.75) is 25.2 Å². The molecule has 1 unspecified atom stereocenters. The number of nitrogens with one attached hydrogen (secondary N) is 1. The van der Waals surface area contributed by atoms with Gasteiger partial charge in [-0.1, -0.05) is 17.7 Å². The highest BCUT2D eigenvalue weighted by molar-refractivity contribution is 7.88. The Morgan fingerprint density at radius 1 is 1.53 bits per heavy atom. The molecular weight excluding hydrogens is 264 g/mol. The van der Waals surface area contributed by atoms with Crippen LogP contribution in [0.5, 0.6) is 0 Å². The van der Waals surface area contributed by atoms with E-state index in [0.717, 1.165) is 0 Å². The predicted octanol–water partition coefficient (Wildman–Crippen LogP) is 0.925. The van der Waals surface area contributed by atoms with E-state index in [2.05, 4.69) is 9.71 Å². The quantitative estimate of drug-likeness (QED) is 0.759. The third-order valence-corrected chi connectivity index (χ3v) is 3.61. The first kappa shape index (κ1) is 14.4. The van der Waals surface area contributed by atoms with Crippen LogP contribution < -0.4 is 4.72 Å². The van der Waals surface area contributed by atoms with E-state index in [1.807, 2.05) is 0 Å². The maximum atomic E-state index is 11.6. The van der Waals surface area contributed by atoms with E-state index in [1.54, 1.807) is 19.1 Å². The van der Waals surface area contributed by atoms with Gasteiger partial charge >= 0.3 is 0 Å². The summed E-state index contributed by atoms with van der Waals surface area (Å²) in [6.07, 6.45) is 1.30. The van der Waals surface area contributed by atoms with Crippen molar-refractivity contribution >= 4 is 21.6 Å². The molecule has 0 aliphatic heterocycles. The van der Waals surface area contributed by atoms with Gasteiger partial charge in [-0.25, -0.2) is 18.1 Å². The maximum absolute atomic E-state index is 11.6. The molecule has 1 rings (SSSR count). The molecule has 5 nitrogen and oxygen atoms in total. The van der Waals surface area contributed by atoms with Gasteiger partial charge < -0.3 is 5.11 Å². The zero-order valence-corrected chi connectivity index (χ0v) is 11.0. The Morgan fingerprint density at radius 3 is 2.76 bits per heavy atom. The lowest BCUT2D eigenvalue weighted by Gasteiger charge is -2.07. The maximum Gasteiger partial charge on any atom is 0.215 e. The number of hydrogen-bond donors (Lipinski definition) is 2. The SMILES string of the molecule is CC(O)CCNS(=O)(=O)Cc1ccc(Cl)nc1. The summed E-state index contributed by atoms with van der Waals surface area (Å²) in [6.45, 7) is 1.83. The lowest BCUT2D eigenvalue weighted by atomic mass is 10.3. The monoisotopic (exact) mass is 278 g/mol. The molecule has 0 aromatic carbocycles. The smallest absolute Gasteiger partial charge is 0.215 e. The number of hydrogen-bond acceptors (Lipinski definition) is 4. The third-order valence-electron chi connectivity index (χ3n) is 2.03. The molecule has 1 aromatic rings. The summed E-state index contributed by atoms with van der Waals surface area (Å²) in [6, 6.07) is 3.16. The van der Waals surface area contributed by atoms with Gasteiger partial charge in [-0.05, 0) is 25.0 Å². The van der Waals surface area contributed by atoms with Crippen molar-refractivity contribution in [1.82, 2.24) is 9.71 Å². The molecule has 1 heterocycles. The average Bonchev–Trinajstić information content (AvgIpc) is 2.20.